The van der Waals surface area contributed by atoms with Crippen molar-refractivity contribution in [1.82, 2.24) is 14.3 Å². The van der Waals surface area contributed by atoms with Crippen molar-refractivity contribution >= 4 is 26.7 Å². The summed E-state index contributed by atoms with van der Waals surface area (Å²) in [6.45, 7) is 3.71. The third-order valence-corrected chi connectivity index (χ3v) is 5.31. The standard InChI is InChI=1S/C14H19N5O2S2/c15-23(20,21)11-10-18-6-8-19(9-7-18)14-16-13(17-22-14)12-4-2-1-3-5-12/h1-5H,6-11H2,(H2,15,20,21). The summed E-state index contributed by atoms with van der Waals surface area (Å²) in [5, 5.41) is 5.96. The van der Waals surface area contributed by atoms with Gasteiger partial charge in [-0.15, -0.1) is 0 Å². The zero-order chi connectivity index (χ0) is 16.3. The largest absolute Gasteiger partial charge is 0.344 e. The molecule has 124 valence electrons. The molecule has 9 heteroatoms. The van der Waals surface area contributed by atoms with E-state index >= 15 is 0 Å². The van der Waals surface area contributed by atoms with Gasteiger partial charge in [0.05, 0.1) is 5.75 Å². The first-order valence-corrected chi connectivity index (χ1v) is 9.87. The molecule has 0 radical (unpaired) electrons. The monoisotopic (exact) mass is 353 g/mol. The normalized spacial score (nSPS) is 16.7. The second kappa shape index (κ2) is 6.91. The van der Waals surface area contributed by atoms with Gasteiger partial charge < -0.3 is 4.90 Å². The number of sulfonamides is 1. The Morgan fingerprint density at radius 1 is 1.13 bits per heavy atom. The Morgan fingerprint density at radius 3 is 2.48 bits per heavy atom. The minimum absolute atomic E-state index is 0.00393. The SMILES string of the molecule is NS(=O)(=O)CCN1CCN(c2nc(-c3ccccc3)ns2)CC1. The molecule has 1 aliphatic heterocycles. The van der Waals surface area contributed by atoms with Crippen molar-refractivity contribution in [2.45, 2.75) is 0 Å². The maximum Gasteiger partial charge on any atom is 0.210 e. The van der Waals surface area contributed by atoms with Crippen LogP contribution in [-0.4, -0.2) is 61.2 Å². The molecule has 0 bridgehead atoms. The number of nitrogens with two attached hydrogens (primary N) is 1. The van der Waals surface area contributed by atoms with Gasteiger partial charge in [-0.25, -0.2) is 13.6 Å². The van der Waals surface area contributed by atoms with E-state index in [4.69, 9.17) is 5.14 Å². The Balaban J connectivity index is 1.57. The molecular formula is C14H19N5O2S2. The summed E-state index contributed by atoms with van der Waals surface area (Å²) in [7, 11) is -3.39. The number of hydrogen-bond acceptors (Lipinski definition) is 7. The lowest BCUT2D eigenvalue weighted by Crippen LogP contribution is -2.48. The van der Waals surface area contributed by atoms with Crippen LogP contribution < -0.4 is 10.0 Å². The smallest absolute Gasteiger partial charge is 0.210 e. The first-order chi connectivity index (χ1) is 11.0. The molecule has 23 heavy (non-hydrogen) atoms. The molecule has 0 unspecified atom stereocenters. The van der Waals surface area contributed by atoms with Crippen molar-refractivity contribution < 1.29 is 8.42 Å². The first kappa shape index (κ1) is 16.3. The van der Waals surface area contributed by atoms with E-state index in [9.17, 15) is 8.42 Å². The van der Waals surface area contributed by atoms with Gasteiger partial charge in [0.15, 0.2) is 5.82 Å². The lowest BCUT2D eigenvalue weighted by Gasteiger charge is -2.34. The number of nitrogens with zero attached hydrogens (tertiary/aromatic N) is 4. The van der Waals surface area contributed by atoms with Crippen LogP contribution in [0.5, 0.6) is 0 Å². The van der Waals surface area contributed by atoms with E-state index < -0.39 is 10.0 Å². The highest BCUT2D eigenvalue weighted by Gasteiger charge is 2.21. The number of rotatable bonds is 5. The summed E-state index contributed by atoms with van der Waals surface area (Å²) in [6, 6.07) is 9.91. The molecular weight excluding hydrogens is 334 g/mol. The Morgan fingerprint density at radius 2 is 1.83 bits per heavy atom. The minimum atomic E-state index is -3.39. The summed E-state index contributed by atoms with van der Waals surface area (Å²) < 4.78 is 26.5. The quantitative estimate of drug-likeness (QED) is 0.847. The fraction of sp³-hybridized carbons (Fsp3) is 0.429. The Bertz CT molecular complexity index is 740. The second-order valence-electron chi connectivity index (χ2n) is 5.46. The molecule has 0 aliphatic carbocycles. The van der Waals surface area contributed by atoms with E-state index in [0.29, 0.717) is 6.54 Å². The van der Waals surface area contributed by atoms with Crippen LogP contribution in [-0.2, 0) is 10.0 Å². The topological polar surface area (TPSA) is 92.4 Å². The van der Waals surface area contributed by atoms with Crippen molar-refractivity contribution in [2.24, 2.45) is 5.14 Å². The molecule has 1 aliphatic rings. The summed E-state index contributed by atoms with van der Waals surface area (Å²) in [5.74, 6) is 0.756. The molecule has 1 aromatic carbocycles. The Labute approximate surface area is 140 Å². The van der Waals surface area contributed by atoms with E-state index in [-0.39, 0.29) is 5.75 Å². The van der Waals surface area contributed by atoms with E-state index in [1.54, 1.807) is 0 Å². The Hall–Kier alpha value is -1.55. The number of hydrogen-bond donors (Lipinski definition) is 1. The molecule has 2 N–H and O–H groups in total. The Kier molecular flexibility index (Phi) is 4.90. The van der Waals surface area contributed by atoms with Crippen LogP contribution in [0.1, 0.15) is 0 Å². The molecule has 2 aromatic rings. The zero-order valence-electron chi connectivity index (χ0n) is 12.6. The molecule has 0 spiro atoms. The van der Waals surface area contributed by atoms with Gasteiger partial charge in [0, 0.05) is 49.8 Å². The third-order valence-electron chi connectivity index (χ3n) is 3.78. The van der Waals surface area contributed by atoms with Gasteiger partial charge in [-0.1, -0.05) is 30.3 Å². The number of aromatic nitrogens is 2. The van der Waals surface area contributed by atoms with Crippen LogP contribution in [0, 0.1) is 0 Å². The highest BCUT2D eigenvalue weighted by molar-refractivity contribution is 7.89. The molecule has 2 heterocycles. The van der Waals surface area contributed by atoms with Crippen LogP contribution in [0.2, 0.25) is 0 Å². The van der Waals surface area contributed by atoms with Gasteiger partial charge >= 0.3 is 0 Å². The fourth-order valence-electron chi connectivity index (χ4n) is 2.47. The maximum atomic E-state index is 11.0. The summed E-state index contributed by atoms with van der Waals surface area (Å²) in [5.41, 5.74) is 1.02. The van der Waals surface area contributed by atoms with Gasteiger partial charge in [-0.3, -0.25) is 4.90 Å². The summed E-state index contributed by atoms with van der Waals surface area (Å²) in [6.07, 6.45) is 0. The molecule has 0 atom stereocenters. The highest BCUT2D eigenvalue weighted by atomic mass is 32.2. The first-order valence-electron chi connectivity index (χ1n) is 7.38. The van der Waals surface area contributed by atoms with E-state index in [0.717, 1.165) is 42.7 Å². The molecule has 1 fully saturated rings. The van der Waals surface area contributed by atoms with Gasteiger partial charge in [-0.05, 0) is 0 Å². The van der Waals surface area contributed by atoms with Crippen molar-refractivity contribution in [3.05, 3.63) is 30.3 Å². The molecule has 7 nitrogen and oxygen atoms in total. The fourth-order valence-corrected chi connectivity index (χ4v) is 3.72. The van der Waals surface area contributed by atoms with Crippen LogP contribution in [0.15, 0.2) is 30.3 Å². The minimum Gasteiger partial charge on any atom is -0.344 e. The van der Waals surface area contributed by atoms with Crippen molar-refractivity contribution in [1.29, 1.82) is 0 Å². The number of benzene rings is 1. The van der Waals surface area contributed by atoms with Crippen LogP contribution >= 0.6 is 11.5 Å². The van der Waals surface area contributed by atoms with Crippen molar-refractivity contribution in [2.75, 3.05) is 43.4 Å². The van der Waals surface area contributed by atoms with Crippen molar-refractivity contribution in [3.63, 3.8) is 0 Å². The zero-order valence-corrected chi connectivity index (χ0v) is 14.3. The van der Waals surface area contributed by atoms with Gasteiger partial charge in [0.2, 0.25) is 15.2 Å². The average Bonchev–Trinajstić information content (AvgIpc) is 3.04. The predicted molar refractivity (Wildman–Crippen MR) is 92.0 cm³/mol. The molecule has 0 saturated carbocycles. The number of anilines is 1. The van der Waals surface area contributed by atoms with Gasteiger partial charge in [-0.2, -0.15) is 9.36 Å². The van der Waals surface area contributed by atoms with Crippen LogP contribution in [0.4, 0.5) is 5.13 Å². The van der Waals surface area contributed by atoms with E-state index in [1.807, 2.05) is 30.3 Å². The summed E-state index contributed by atoms with van der Waals surface area (Å²) >= 11 is 1.40. The molecule has 1 aromatic heterocycles. The van der Waals surface area contributed by atoms with Crippen LogP contribution in [0.3, 0.4) is 0 Å². The third kappa shape index (κ3) is 4.47. The van der Waals surface area contributed by atoms with Gasteiger partial charge in [0.1, 0.15) is 0 Å². The average molecular weight is 353 g/mol. The second-order valence-corrected chi connectivity index (χ2v) is 7.93. The molecule has 1 saturated heterocycles. The van der Waals surface area contributed by atoms with Crippen molar-refractivity contribution in [3.8, 4) is 11.4 Å². The maximum absolute atomic E-state index is 11.0. The molecule has 3 rings (SSSR count). The number of primary sulfonamides is 1. The lowest BCUT2D eigenvalue weighted by atomic mass is 10.2. The van der Waals surface area contributed by atoms with Crippen LogP contribution in [0.25, 0.3) is 11.4 Å². The lowest BCUT2D eigenvalue weighted by molar-refractivity contribution is 0.272. The predicted octanol–water partition coefficient (Wildman–Crippen LogP) is 0.616. The summed E-state index contributed by atoms with van der Waals surface area (Å²) in [4.78, 5) is 8.92. The number of piperazine rings is 1. The van der Waals surface area contributed by atoms with E-state index in [2.05, 4.69) is 19.2 Å². The van der Waals surface area contributed by atoms with Gasteiger partial charge in [0.25, 0.3) is 0 Å². The van der Waals surface area contributed by atoms with E-state index in [1.165, 1.54) is 11.5 Å². The highest BCUT2D eigenvalue weighted by Crippen LogP contribution is 2.24. The molecule has 0 amide bonds.